The van der Waals surface area contributed by atoms with Gasteiger partial charge in [-0.25, -0.2) is 0 Å². The van der Waals surface area contributed by atoms with Gasteiger partial charge >= 0.3 is 0 Å². The fourth-order valence-corrected chi connectivity index (χ4v) is 3.95. The molecule has 3 rings (SSSR count). The number of benzene rings is 2. The van der Waals surface area contributed by atoms with Gasteiger partial charge in [0, 0.05) is 51.3 Å². The van der Waals surface area contributed by atoms with Crippen LogP contribution in [0.5, 0.6) is 17.2 Å². The molecule has 31 heavy (non-hydrogen) atoms. The maximum atomic E-state index is 6.27. The van der Waals surface area contributed by atoms with E-state index in [4.69, 9.17) is 25.8 Å². The van der Waals surface area contributed by atoms with Gasteiger partial charge in [-0.05, 0) is 29.3 Å². The molecule has 0 aromatic heterocycles. The van der Waals surface area contributed by atoms with E-state index >= 15 is 0 Å². The summed E-state index contributed by atoms with van der Waals surface area (Å²) in [6.45, 7) is 5.13. The molecule has 0 spiro atoms. The number of hydrogen-bond donors (Lipinski definition) is 1. The summed E-state index contributed by atoms with van der Waals surface area (Å²) >= 11 is 6.27. The molecule has 8 heteroatoms. The zero-order valence-corrected chi connectivity index (χ0v) is 19.4. The van der Waals surface area contributed by atoms with Crippen LogP contribution in [0.4, 0.5) is 0 Å². The second-order valence-corrected chi connectivity index (χ2v) is 7.70. The van der Waals surface area contributed by atoms with E-state index in [1.54, 1.807) is 21.3 Å². The van der Waals surface area contributed by atoms with Gasteiger partial charge in [0.15, 0.2) is 17.5 Å². The van der Waals surface area contributed by atoms with Gasteiger partial charge in [0.1, 0.15) is 0 Å². The molecule has 1 aliphatic rings. The number of methoxy groups -OCH3 is 3. The zero-order chi connectivity index (χ0) is 22.2. The van der Waals surface area contributed by atoms with Crippen LogP contribution in [0.15, 0.2) is 41.4 Å². The van der Waals surface area contributed by atoms with E-state index in [2.05, 4.69) is 20.1 Å². The van der Waals surface area contributed by atoms with E-state index < -0.39 is 0 Å². The third-order valence-corrected chi connectivity index (χ3v) is 5.78. The fraction of sp³-hybridized carbons (Fsp3) is 0.435. The van der Waals surface area contributed by atoms with Crippen molar-refractivity contribution < 1.29 is 14.2 Å². The molecule has 168 valence electrons. The molecule has 0 aliphatic carbocycles. The Kier molecular flexibility index (Phi) is 8.26. The Balaban J connectivity index is 1.57. The first kappa shape index (κ1) is 23.0. The van der Waals surface area contributed by atoms with Crippen molar-refractivity contribution in [3.05, 3.63) is 52.5 Å². The van der Waals surface area contributed by atoms with E-state index in [1.165, 1.54) is 0 Å². The highest BCUT2D eigenvalue weighted by atomic mass is 35.5. The van der Waals surface area contributed by atoms with Gasteiger partial charge in [-0.3, -0.25) is 9.89 Å². The molecule has 0 unspecified atom stereocenters. The number of nitrogens with one attached hydrogen (secondary N) is 1. The lowest BCUT2D eigenvalue weighted by Gasteiger charge is -2.36. The van der Waals surface area contributed by atoms with Crippen LogP contribution in [-0.2, 0) is 13.1 Å². The zero-order valence-electron chi connectivity index (χ0n) is 18.7. The lowest BCUT2D eigenvalue weighted by Crippen LogP contribution is -2.52. The predicted molar refractivity (Wildman–Crippen MR) is 125 cm³/mol. The van der Waals surface area contributed by atoms with Gasteiger partial charge in [-0.1, -0.05) is 29.8 Å². The number of halogens is 1. The Morgan fingerprint density at radius 1 is 1.00 bits per heavy atom. The highest BCUT2D eigenvalue weighted by Gasteiger charge is 2.21. The van der Waals surface area contributed by atoms with E-state index in [0.717, 1.165) is 54.8 Å². The number of hydrogen-bond acceptors (Lipinski definition) is 5. The van der Waals surface area contributed by atoms with E-state index in [1.807, 2.05) is 43.4 Å². The largest absolute Gasteiger partial charge is 0.493 e. The summed E-state index contributed by atoms with van der Waals surface area (Å²) in [6.07, 6.45) is 0. The van der Waals surface area contributed by atoms with Crippen LogP contribution in [0, 0.1) is 0 Å². The summed E-state index contributed by atoms with van der Waals surface area (Å²) in [6, 6.07) is 11.9. The number of rotatable bonds is 7. The summed E-state index contributed by atoms with van der Waals surface area (Å²) in [5, 5.41) is 4.19. The van der Waals surface area contributed by atoms with Crippen molar-refractivity contribution in [3.8, 4) is 17.2 Å². The van der Waals surface area contributed by atoms with Gasteiger partial charge in [-0.15, -0.1) is 0 Å². The standard InChI is InChI=1S/C23H31ClN4O3/c1-25-23(26-15-18-7-5-6-8-19(18)24)28-11-9-27(10-12-28)16-17-13-20(29-2)22(31-4)21(14-17)30-3/h5-8,13-14H,9-12,15-16H2,1-4H3,(H,25,26). The second-order valence-electron chi connectivity index (χ2n) is 7.29. The lowest BCUT2D eigenvalue weighted by molar-refractivity contribution is 0.172. The highest BCUT2D eigenvalue weighted by molar-refractivity contribution is 6.31. The number of nitrogens with zero attached hydrogens (tertiary/aromatic N) is 3. The topological polar surface area (TPSA) is 58.6 Å². The third kappa shape index (κ3) is 5.74. The van der Waals surface area contributed by atoms with Gasteiger partial charge in [0.05, 0.1) is 21.3 Å². The van der Waals surface area contributed by atoms with Crippen LogP contribution in [-0.4, -0.2) is 70.3 Å². The molecular weight excluding hydrogens is 416 g/mol. The first-order valence-corrected chi connectivity index (χ1v) is 10.7. The Bertz CT molecular complexity index is 873. The predicted octanol–water partition coefficient (Wildman–Crippen LogP) is 3.26. The van der Waals surface area contributed by atoms with Crippen LogP contribution in [0.3, 0.4) is 0 Å². The Hall–Kier alpha value is -2.64. The summed E-state index contributed by atoms with van der Waals surface area (Å²) in [5.41, 5.74) is 2.19. The Morgan fingerprint density at radius 3 is 2.19 bits per heavy atom. The van der Waals surface area contributed by atoms with E-state index in [-0.39, 0.29) is 0 Å². The van der Waals surface area contributed by atoms with Gasteiger partial charge in [0.2, 0.25) is 5.75 Å². The van der Waals surface area contributed by atoms with E-state index in [0.29, 0.717) is 23.8 Å². The third-order valence-electron chi connectivity index (χ3n) is 5.41. The Morgan fingerprint density at radius 2 is 1.65 bits per heavy atom. The first-order valence-electron chi connectivity index (χ1n) is 10.3. The second kappa shape index (κ2) is 11.1. The molecule has 1 heterocycles. The highest BCUT2D eigenvalue weighted by Crippen LogP contribution is 2.38. The average Bonchev–Trinajstić information content (AvgIpc) is 2.80. The summed E-state index contributed by atoms with van der Waals surface area (Å²) in [5.74, 6) is 2.87. The lowest BCUT2D eigenvalue weighted by atomic mass is 10.1. The molecule has 1 fully saturated rings. The quantitative estimate of drug-likeness (QED) is 0.520. The van der Waals surface area contributed by atoms with Gasteiger partial charge < -0.3 is 24.4 Å². The van der Waals surface area contributed by atoms with Crippen molar-refractivity contribution in [2.75, 3.05) is 54.6 Å². The normalized spacial score (nSPS) is 15.0. The molecule has 0 radical (unpaired) electrons. The van der Waals surface area contributed by atoms with Crippen molar-refractivity contribution in [2.24, 2.45) is 4.99 Å². The smallest absolute Gasteiger partial charge is 0.203 e. The van der Waals surface area contributed by atoms with E-state index in [9.17, 15) is 0 Å². The van der Waals surface area contributed by atoms with Crippen molar-refractivity contribution in [2.45, 2.75) is 13.1 Å². The molecule has 0 bridgehead atoms. The maximum absolute atomic E-state index is 6.27. The summed E-state index contributed by atoms with van der Waals surface area (Å²) < 4.78 is 16.4. The van der Waals surface area contributed by atoms with Gasteiger partial charge in [-0.2, -0.15) is 0 Å². The molecule has 0 amide bonds. The summed E-state index contributed by atoms with van der Waals surface area (Å²) in [7, 11) is 6.71. The number of aliphatic imine (C=N–C) groups is 1. The van der Waals surface area contributed by atoms with Crippen LogP contribution in [0.25, 0.3) is 0 Å². The van der Waals surface area contributed by atoms with Crippen LogP contribution < -0.4 is 19.5 Å². The Labute approximate surface area is 189 Å². The molecule has 0 atom stereocenters. The minimum atomic E-state index is 0.618. The molecule has 0 saturated carbocycles. The maximum Gasteiger partial charge on any atom is 0.203 e. The molecule has 1 N–H and O–H groups in total. The summed E-state index contributed by atoms with van der Waals surface area (Å²) in [4.78, 5) is 9.15. The van der Waals surface area contributed by atoms with Crippen molar-refractivity contribution in [1.29, 1.82) is 0 Å². The van der Waals surface area contributed by atoms with Crippen LogP contribution in [0.2, 0.25) is 5.02 Å². The minimum absolute atomic E-state index is 0.618. The SMILES string of the molecule is CN=C(NCc1ccccc1Cl)N1CCN(Cc2cc(OC)c(OC)c(OC)c2)CC1. The monoisotopic (exact) mass is 446 g/mol. The molecule has 1 saturated heterocycles. The fourth-order valence-electron chi connectivity index (χ4n) is 3.75. The van der Waals surface area contributed by atoms with Gasteiger partial charge in [0.25, 0.3) is 0 Å². The average molecular weight is 447 g/mol. The molecular formula is C23H31ClN4O3. The molecule has 2 aromatic carbocycles. The van der Waals surface area contributed by atoms with Crippen molar-refractivity contribution in [3.63, 3.8) is 0 Å². The molecule has 2 aromatic rings. The minimum Gasteiger partial charge on any atom is -0.493 e. The number of ether oxygens (including phenoxy) is 3. The van der Waals surface area contributed by atoms with Crippen molar-refractivity contribution in [1.82, 2.24) is 15.1 Å². The molecule has 1 aliphatic heterocycles. The van der Waals surface area contributed by atoms with Crippen molar-refractivity contribution >= 4 is 17.6 Å². The number of guanidine groups is 1. The number of piperazine rings is 1. The van der Waals surface area contributed by atoms with Crippen LogP contribution in [0.1, 0.15) is 11.1 Å². The van der Waals surface area contributed by atoms with Crippen LogP contribution >= 0.6 is 11.6 Å². The first-order chi connectivity index (χ1) is 15.1. The molecule has 7 nitrogen and oxygen atoms in total.